The number of imidazole rings is 1. The molecule has 1 aromatic heterocycles. The van der Waals surface area contributed by atoms with Crippen molar-refractivity contribution < 1.29 is 5.11 Å². The SMILES string of the molecule is O[C@H]1CCCC[C@@H]1N1CCn2ccnc2C1. The van der Waals surface area contributed by atoms with Crippen LogP contribution in [0.25, 0.3) is 0 Å². The molecule has 1 aliphatic carbocycles. The van der Waals surface area contributed by atoms with Gasteiger partial charge >= 0.3 is 0 Å². The second-order valence-corrected chi connectivity index (χ2v) is 4.93. The van der Waals surface area contributed by atoms with Gasteiger partial charge in [-0.3, -0.25) is 4.90 Å². The molecule has 16 heavy (non-hydrogen) atoms. The van der Waals surface area contributed by atoms with Crippen LogP contribution in [-0.2, 0) is 13.1 Å². The maximum Gasteiger partial charge on any atom is 0.122 e. The summed E-state index contributed by atoms with van der Waals surface area (Å²) in [6, 6.07) is 0.360. The van der Waals surface area contributed by atoms with E-state index in [1.165, 1.54) is 12.8 Å². The van der Waals surface area contributed by atoms with E-state index in [2.05, 4.69) is 14.5 Å². The molecule has 0 spiro atoms. The first-order valence-corrected chi connectivity index (χ1v) is 6.27. The van der Waals surface area contributed by atoms with Crippen molar-refractivity contribution in [2.75, 3.05) is 6.54 Å². The minimum absolute atomic E-state index is 0.129. The minimum atomic E-state index is -0.129. The molecule has 0 aromatic carbocycles. The second-order valence-electron chi connectivity index (χ2n) is 4.93. The van der Waals surface area contributed by atoms with Gasteiger partial charge in [0.05, 0.1) is 12.6 Å². The van der Waals surface area contributed by atoms with Crippen LogP contribution < -0.4 is 0 Å². The number of aromatic nitrogens is 2. The van der Waals surface area contributed by atoms with Crippen molar-refractivity contribution in [3.8, 4) is 0 Å². The monoisotopic (exact) mass is 221 g/mol. The van der Waals surface area contributed by atoms with Crippen LogP contribution in [0.1, 0.15) is 31.5 Å². The highest BCUT2D eigenvalue weighted by Crippen LogP contribution is 2.25. The van der Waals surface area contributed by atoms with E-state index in [0.29, 0.717) is 6.04 Å². The number of hydrogen-bond donors (Lipinski definition) is 1. The van der Waals surface area contributed by atoms with Crippen molar-refractivity contribution in [1.29, 1.82) is 0 Å². The summed E-state index contributed by atoms with van der Waals surface area (Å²) in [5, 5.41) is 10.1. The van der Waals surface area contributed by atoms with E-state index in [4.69, 9.17) is 0 Å². The van der Waals surface area contributed by atoms with Gasteiger partial charge in [0.1, 0.15) is 5.82 Å². The fourth-order valence-electron chi connectivity index (χ4n) is 2.99. The molecule has 1 saturated carbocycles. The summed E-state index contributed by atoms with van der Waals surface area (Å²) < 4.78 is 2.21. The van der Waals surface area contributed by atoms with Gasteiger partial charge in [-0.15, -0.1) is 0 Å². The smallest absolute Gasteiger partial charge is 0.122 e. The van der Waals surface area contributed by atoms with Gasteiger partial charge in [-0.1, -0.05) is 12.8 Å². The van der Waals surface area contributed by atoms with Crippen LogP contribution in [0.5, 0.6) is 0 Å². The van der Waals surface area contributed by atoms with Crippen LogP contribution >= 0.6 is 0 Å². The third kappa shape index (κ3) is 1.76. The Morgan fingerprint density at radius 3 is 3.00 bits per heavy atom. The average molecular weight is 221 g/mol. The van der Waals surface area contributed by atoms with Gasteiger partial charge < -0.3 is 9.67 Å². The summed E-state index contributed by atoms with van der Waals surface area (Å²) in [4.78, 5) is 6.78. The Balaban J connectivity index is 1.72. The number of hydrogen-bond acceptors (Lipinski definition) is 3. The standard InChI is InChI=1S/C12H19N3O/c16-11-4-2-1-3-10(11)15-8-7-14-6-5-13-12(14)9-15/h5-6,10-11,16H,1-4,7-9H2/t10-,11-/m0/s1. The Morgan fingerprint density at radius 1 is 1.25 bits per heavy atom. The normalized spacial score (nSPS) is 31.3. The Labute approximate surface area is 95.9 Å². The Morgan fingerprint density at radius 2 is 2.12 bits per heavy atom. The maximum absolute atomic E-state index is 10.1. The molecule has 88 valence electrons. The number of aliphatic hydroxyl groups excluding tert-OH is 1. The summed E-state index contributed by atoms with van der Waals surface area (Å²) in [5.41, 5.74) is 0. The molecule has 1 aliphatic heterocycles. The predicted octanol–water partition coefficient (Wildman–Crippen LogP) is 1.00. The Kier molecular flexibility index (Phi) is 2.69. The predicted molar refractivity (Wildman–Crippen MR) is 60.9 cm³/mol. The van der Waals surface area contributed by atoms with E-state index < -0.39 is 0 Å². The molecule has 1 aromatic rings. The van der Waals surface area contributed by atoms with E-state index >= 15 is 0 Å². The Bertz CT molecular complexity index is 363. The lowest BCUT2D eigenvalue weighted by atomic mass is 9.91. The summed E-state index contributed by atoms with van der Waals surface area (Å²) in [6.07, 6.45) is 8.33. The zero-order valence-electron chi connectivity index (χ0n) is 9.55. The van der Waals surface area contributed by atoms with E-state index in [1.807, 2.05) is 12.4 Å². The van der Waals surface area contributed by atoms with Gasteiger partial charge in [-0.2, -0.15) is 0 Å². The minimum Gasteiger partial charge on any atom is -0.391 e. The zero-order chi connectivity index (χ0) is 11.0. The van der Waals surface area contributed by atoms with Crippen molar-refractivity contribution in [2.24, 2.45) is 0 Å². The summed E-state index contributed by atoms with van der Waals surface area (Å²) in [5.74, 6) is 1.14. The lowest BCUT2D eigenvalue weighted by Crippen LogP contribution is -2.48. The Hall–Kier alpha value is -0.870. The summed E-state index contributed by atoms with van der Waals surface area (Å²) in [6.45, 7) is 2.96. The second kappa shape index (κ2) is 4.18. The number of rotatable bonds is 1. The van der Waals surface area contributed by atoms with E-state index in [9.17, 15) is 5.11 Å². The zero-order valence-corrected chi connectivity index (χ0v) is 9.55. The van der Waals surface area contributed by atoms with Crippen LogP contribution in [0.15, 0.2) is 12.4 Å². The van der Waals surface area contributed by atoms with E-state index in [-0.39, 0.29) is 6.10 Å². The molecule has 4 nitrogen and oxygen atoms in total. The summed E-state index contributed by atoms with van der Waals surface area (Å²) in [7, 11) is 0. The van der Waals surface area contributed by atoms with E-state index in [1.54, 1.807) is 0 Å². The van der Waals surface area contributed by atoms with Crippen molar-refractivity contribution in [2.45, 2.75) is 50.9 Å². The third-order valence-corrected chi connectivity index (χ3v) is 3.94. The molecule has 0 saturated heterocycles. The fraction of sp³-hybridized carbons (Fsp3) is 0.750. The van der Waals surface area contributed by atoms with Crippen LogP contribution in [-0.4, -0.2) is 38.2 Å². The van der Waals surface area contributed by atoms with Crippen molar-refractivity contribution in [3.63, 3.8) is 0 Å². The molecule has 4 heteroatoms. The molecule has 2 aliphatic rings. The molecule has 1 fully saturated rings. The lowest BCUT2D eigenvalue weighted by molar-refractivity contribution is 0.00652. The third-order valence-electron chi connectivity index (χ3n) is 3.94. The fourth-order valence-corrected chi connectivity index (χ4v) is 2.99. The number of fused-ring (bicyclic) bond motifs is 1. The van der Waals surface area contributed by atoms with E-state index in [0.717, 1.165) is 38.3 Å². The average Bonchev–Trinajstić information content (AvgIpc) is 2.76. The largest absolute Gasteiger partial charge is 0.391 e. The highest BCUT2D eigenvalue weighted by molar-refractivity contribution is 4.97. The topological polar surface area (TPSA) is 41.3 Å². The van der Waals surface area contributed by atoms with Gasteiger partial charge in [-0.05, 0) is 12.8 Å². The lowest BCUT2D eigenvalue weighted by Gasteiger charge is -2.39. The molecular weight excluding hydrogens is 202 g/mol. The van der Waals surface area contributed by atoms with Crippen molar-refractivity contribution >= 4 is 0 Å². The molecule has 0 unspecified atom stereocenters. The molecule has 0 radical (unpaired) electrons. The highest BCUT2D eigenvalue weighted by Gasteiger charge is 2.30. The molecule has 1 N–H and O–H groups in total. The van der Waals surface area contributed by atoms with Gasteiger partial charge in [-0.25, -0.2) is 4.98 Å². The summed E-state index contributed by atoms with van der Waals surface area (Å²) >= 11 is 0. The van der Waals surface area contributed by atoms with Crippen LogP contribution in [0.4, 0.5) is 0 Å². The first-order chi connectivity index (χ1) is 7.84. The van der Waals surface area contributed by atoms with Crippen LogP contribution in [0.2, 0.25) is 0 Å². The molecule has 3 rings (SSSR count). The van der Waals surface area contributed by atoms with Crippen molar-refractivity contribution in [3.05, 3.63) is 18.2 Å². The van der Waals surface area contributed by atoms with Crippen molar-refractivity contribution in [1.82, 2.24) is 14.5 Å². The first kappa shape index (κ1) is 10.3. The molecule has 0 bridgehead atoms. The molecule has 2 heterocycles. The van der Waals surface area contributed by atoms with Crippen LogP contribution in [0.3, 0.4) is 0 Å². The molecular formula is C12H19N3O. The molecule has 2 atom stereocenters. The number of nitrogens with zero attached hydrogens (tertiary/aromatic N) is 3. The molecule has 0 amide bonds. The highest BCUT2D eigenvalue weighted by atomic mass is 16.3. The first-order valence-electron chi connectivity index (χ1n) is 6.27. The maximum atomic E-state index is 10.1. The van der Waals surface area contributed by atoms with Gasteiger partial charge in [0.15, 0.2) is 0 Å². The quantitative estimate of drug-likeness (QED) is 0.769. The van der Waals surface area contributed by atoms with Crippen LogP contribution in [0, 0.1) is 0 Å². The number of aliphatic hydroxyl groups is 1. The van der Waals surface area contributed by atoms with Gasteiger partial charge in [0.2, 0.25) is 0 Å². The van der Waals surface area contributed by atoms with Gasteiger partial charge in [0, 0.05) is 31.5 Å². The van der Waals surface area contributed by atoms with Gasteiger partial charge in [0.25, 0.3) is 0 Å².